The van der Waals surface area contributed by atoms with Gasteiger partial charge in [-0.2, -0.15) is 0 Å². The number of rotatable bonds is 4. The smallest absolute Gasteiger partial charge is 0.126 e. The molecule has 3 rings (SSSR count). The van der Waals surface area contributed by atoms with Crippen LogP contribution in [0.2, 0.25) is 0 Å². The Bertz CT molecular complexity index is 674. The molecule has 0 aliphatic rings. The highest BCUT2D eigenvalue weighted by atomic mass is 15.4. The largest absolute Gasteiger partial charge is 0.366 e. The Kier molecular flexibility index (Phi) is 3.41. The molecular formula is C15H15N5. The first-order chi connectivity index (χ1) is 9.81. The van der Waals surface area contributed by atoms with Gasteiger partial charge in [-0.25, -0.2) is 9.67 Å². The number of pyridine rings is 1. The van der Waals surface area contributed by atoms with Crippen LogP contribution in [0.3, 0.4) is 0 Å². The summed E-state index contributed by atoms with van der Waals surface area (Å²) < 4.78 is 1.74. The Morgan fingerprint density at radius 2 is 1.95 bits per heavy atom. The molecule has 0 radical (unpaired) electrons. The Morgan fingerprint density at radius 3 is 2.65 bits per heavy atom. The summed E-state index contributed by atoms with van der Waals surface area (Å²) in [7, 11) is 0. The van der Waals surface area contributed by atoms with E-state index >= 15 is 0 Å². The molecule has 0 fully saturated rings. The van der Waals surface area contributed by atoms with Gasteiger partial charge in [-0.15, -0.1) is 5.10 Å². The van der Waals surface area contributed by atoms with Crippen LogP contribution in [0.4, 0.5) is 5.82 Å². The summed E-state index contributed by atoms with van der Waals surface area (Å²) in [6.45, 7) is 2.80. The van der Waals surface area contributed by atoms with Crippen molar-refractivity contribution in [3.05, 3.63) is 66.1 Å². The fraction of sp³-hybridized carbons (Fsp3) is 0.133. The Morgan fingerprint density at radius 1 is 1.10 bits per heavy atom. The first kappa shape index (κ1) is 12.3. The molecule has 0 amide bonds. The van der Waals surface area contributed by atoms with Crippen LogP contribution in [0.15, 0.2) is 55.0 Å². The lowest BCUT2D eigenvalue weighted by molar-refractivity contribution is 0.802. The number of nitrogens with zero attached hydrogens (tertiary/aromatic N) is 4. The van der Waals surface area contributed by atoms with Crippen molar-refractivity contribution >= 4 is 5.82 Å². The predicted molar refractivity (Wildman–Crippen MR) is 77.7 cm³/mol. The molecule has 0 spiro atoms. The summed E-state index contributed by atoms with van der Waals surface area (Å²) in [6.07, 6.45) is 5.30. The number of anilines is 1. The van der Waals surface area contributed by atoms with Crippen molar-refractivity contribution in [3.63, 3.8) is 0 Å². The molecule has 5 heteroatoms. The van der Waals surface area contributed by atoms with Gasteiger partial charge in [-0.3, -0.25) is 0 Å². The molecule has 0 unspecified atom stereocenters. The topological polar surface area (TPSA) is 55.6 Å². The normalized spacial score (nSPS) is 10.4. The Labute approximate surface area is 117 Å². The van der Waals surface area contributed by atoms with E-state index in [4.69, 9.17) is 0 Å². The second-order valence-electron chi connectivity index (χ2n) is 4.59. The van der Waals surface area contributed by atoms with Gasteiger partial charge in [0.2, 0.25) is 0 Å². The van der Waals surface area contributed by atoms with Crippen LogP contribution in [0.1, 0.15) is 11.1 Å². The molecule has 0 aliphatic carbocycles. The molecule has 2 aromatic heterocycles. The van der Waals surface area contributed by atoms with Crippen LogP contribution in [0.5, 0.6) is 0 Å². The van der Waals surface area contributed by atoms with Crippen LogP contribution in [-0.4, -0.2) is 20.0 Å². The third kappa shape index (κ3) is 2.83. The molecule has 2 heterocycles. The van der Waals surface area contributed by atoms with Gasteiger partial charge in [0.05, 0.1) is 18.1 Å². The third-order valence-corrected chi connectivity index (χ3v) is 3.01. The minimum Gasteiger partial charge on any atom is -0.366 e. The lowest BCUT2D eigenvalue weighted by Gasteiger charge is -2.07. The lowest BCUT2D eigenvalue weighted by Crippen LogP contribution is -2.02. The van der Waals surface area contributed by atoms with Gasteiger partial charge in [-0.05, 0) is 42.3 Å². The van der Waals surface area contributed by atoms with Gasteiger partial charge in [0.25, 0.3) is 0 Å². The summed E-state index contributed by atoms with van der Waals surface area (Å²) in [5.41, 5.74) is 3.39. The SMILES string of the molecule is Cc1ccnc(NCc2ccc(-n3ccnn3)cc2)c1. The summed E-state index contributed by atoms with van der Waals surface area (Å²) >= 11 is 0. The molecule has 1 N–H and O–H groups in total. The fourth-order valence-corrected chi connectivity index (χ4v) is 1.94. The van der Waals surface area contributed by atoms with E-state index in [-0.39, 0.29) is 0 Å². The highest BCUT2D eigenvalue weighted by Crippen LogP contribution is 2.11. The van der Waals surface area contributed by atoms with Crippen molar-refractivity contribution in [3.8, 4) is 5.69 Å². The maximum atomic E-state index is 4.28. The van der Waals surface area contributed by atoms with Crippen molar-refractivity contribution < 1.29 is 0 Å². The third-order valence-electron chi connectivity index (χ3n) is 3.01. The number of aromatic nitrogens is 4. The second-order valence-corrected chi connectivity index (χ2v) is 4.59. The zero-order valence-electron chi connectivity index (χ0n) is 11.2. The number of nitrogens with one attached hydrogen (secondary N) is 1. The molecule has 1 aromatic carbocycles. The zero-order valence-corrected chi connectivity index (χ0v) is 11.2. The monoisotopic (exact) mass is 265 g/mol. The minimum absolute atomic E-state index is 0.744. The van der Waals surface area contributed by atoms with E-state index in [9.17, 15) is 0 Å². The number of hydrogen-bond donors (Lipinski definition) is 1. The quantitative estimate of drug-likeness (QED) is 0.787. The number of hydrogen-bond acceptors (Lipinski definition) is 4. The van der Waals surface area contributed by atoms with E-state index in [1.165, 1.54) is 11.1 Å². The van der Waals surface area contributed by atoms with Gasteiger partial charge in [0.15, 0.2) is 0 Å². The summed E-state index contributed by atoms with van der Waals surface area (Å²) in [4.78, 5) is 4.28. The number of aryl methyl sites for hydroxylation is 1. The molecule has 0 atom stereocenters. The minimum atomic E-state index is 0.744. The predicted octanol–water partition coefficient (Wildman–Crippen LogP) is 2.58. The molecule has 0 bridgehead atoms. The average Bonchev–Trinajstić information content (AvgIpc) is 3.00. The summed E-state index contributed by atoms with van der Waals surface area (Å²) in [5, 5.41) is 11.1. The van der Waals surface area contributed by atoms with Gasteiger partial charge < -0.3 is 5.32 Å². The van der Waals surface area contributed by atoms with Crippen molar-refractivity contribution in [1.29, 1.82) is 0 Å². The van der Waals surface area contributed by atoms with Crippen molar-refractivity contribution in [1.82, 2.24) is 20.0 Å². The van der Waals surface area contributed by atoms with Gasteiger partial charge in [0.1, 0.15) is 5.82 Å². The standard InChI is InChI=1S/C15H15N5/c1-12-6-7-16-15(10-12)17-11-13-2-4-14(5-3-13)20-9-8-18-19-20/h2-10H,11H2,1H3,(H,16,17). The zero-order chi connectivity index (χ0) is 13.8. The first-order valence-corrected chi connectivity index (χ1v) is 6.43. The van der Waals surface area contributed by atoms with E-state index < -0.39 is 0 Å². The highest BCUT2D eigenvalue weighted by Gasteiger charge is 1.99. The second kappa shape index (κ2) is 5.52. The van der Waals surface area contributed by atoms with E-state index in [0.717, 1.165) is 18.1 Å². The van der Waals surface area contributed by atoms with Gasteiger partial charge in [0, 0.05) is 12.7 Å². The van der Waals surface area contributed by atoms with E-state index in [0.29, 0.717) is 0 Å². The van der Waals surface area contributed by atoms with Crippen molar-refractivity contribution in [2.45, 2.75) is 13.5 Å². The lowest BCUT2D eigenvalue weighted by atomic mass is 10.2. The van der Waals surface area contributed by atoms with Crippen LogP contribution in [-0.2, 0) is 6.54 Å². The molecule has 20 heavy (non-hydrogen) atoms. The Hall–Kier alpha value is -2.69. The molecule has 5 nitrogen and oxygen atoms in total. The van der Waals surface area contributed by atoms with Crippen LogP contribution >= 0.6 is 0 Å². The molecular weight excluding hydrogens is 250 g/mol. The average molecular weight is 265 g/mol. The van der Waals surface area contributed by atoms with E-state index in [2.05, 4.69) is 39.7 Å². The molecule has 0 saturated carbocycles. The maximum absolute atomic E-state index is 4.28. The molecule has 100 valence electrons. The van der Waals surface area contributed by atoms with Gasteiger partial charge in [-0.1, -0.05) is 17.3 Å². The van der Waals surface area contributed by atoms with E-state index in [1.807, 2.05) is 36.7 Å². The first-order valence-electron chi connectivity index (χ1n) is 6.43. The van der Waals surface area contributed by atoms with Crippen LogP contribution in [0, 0.1) is 6.92 Å². The molecule has 3 aromatic rings. The van der Waals surface area contributed by atoms with E-state index in [1.54, 1.807) is 10.9 Å². The van der Waals surface area contributed by atoms with Crippen molar-refractivity contribution in [2.24, 2.45) is 0 Å². The maximum Gasteiger partial charge on any atom is 0.126 e. The number of benzene rings is 1. The highest BCUT2D eigenvalue weighted by molar-refractivity contribution is 5.39. The van der Waals surface area contributed by atoms with Crippen molar-refractivity contribution in [2.75, 3.05) is 5.32 Å². The Balaban J connectivity index is 1.67. The van der Waals surface area contributed by atoms with Crippen LogP contribution in [0.25, 0.3) is 5.69 Å². The van der Waals surface area contributed by atoms with Crippen LogP contribution < -0.4 is 5.32 Å². The van der Waals surface area contributed by atoms with Gasteiger partial charge >= 0.3 is 0 Å². The molecule has 0 aliphatic heterocycles. The fourth-order valence-electron chi connectivity index (χ4n) is 1.94. The molecule has 0 saturated heterocycles. The summed E-state index contributed by atoms with van der Waals surface area (Å²) in [6, 6.07) is 12.2. The summed E-state index contributed by atoms with van der Waals surface area (Å²) in [5.74, 6) is 0.894.